The molecule has 170 valence electrons. The monoisotopic (exact) mass is 441 g/mol. The fourth-order valence-corrected chi connectivity index (χ4v) is 3.56. The van der Waals surface area contributed by atoms with Gasteiger partial charge in [0.25, 0.3) is 0 Å². The lowest BCUT2D eigenvalue weighted by atomic mass is 9.97. The first-order chi connectivity index (χ1) is 15.4. The van der Waals surface area contributed by atoms with Crippen LogP contribution in [0.2, 0.25) is 0 Å². The van der Waals surface area contributed by atoms with Crippen molar-refractivity contribution in [1.82, 2.24) is 19.7 Å². The molecule has 0 bridgehead atoms. The highest BCUT2D eigenvalue weighted by molar-refractivity contribution is 5.90. The molecule has 0 saturated carbocycles. The molecule has 32 heavy (non-hydrogen) atoms. The van der Waals surface area contributed by atoms with Crippen LogP contribution >= 0.6 is 0 Å². The van der Waals surface area contributed by atoms with Crippen LogP contribution in [0.25, 0.3) is 16.7 Å². The number of amides is 1. The molecule has 2 unspecified atom stereocenters. The second-order valence-corrected chi connectivity index (χ2v) is 7.77. The number of pyridine rings is 2. The molecule has 0 spiro atoms. The molecule has 2 atom stereocenters. The molecule has 0 aromatic carbocycles. The molecule has 3 aromatic rings. The maximum Gasteiger partial charge on any atom is 0.222 e. The number of hydrogen-bond donors (Lipinski definition) is 1. The van der Waals surface area contributed by atoms with Gasteiger partial charge in [0.15, 0.2) is 5.82 Å². The smallest absolute Gasteiger partial charge is 0.222 e. The minimum absolute atomic E-state index is 0.0712. The Labute approximate surface area is 185 Å². The van der Waals surface area contributed by atoms with Gasteiger partial charge >= 0.3 is 0 Å². The lowest BCUT2D eigenvalue weighted by Gasteiger charge is -2.26. The molecule has 0 radical (unpaired) electrons. The molecule has 1 N–H and O–H groups in total. The van der Waals surface area contributed by atoms with Crippen LogP contribution in [0.4, 0.5) is 5.82 Å². The van der Waals surface area contributed by atoms with Crippen LogP contribution in [-0.2, 0) is 24.6 Å². The fourth-order valence-electron chi connectivity index (χ4n) is 3.56. The summed E-state index contributed by atoms with van der Waals surface area (Å²) in [4.78, 5) is 20.6. The van der Waals surface area contributed by atoms with Crippen LogP contribution in [-0.4, -0.2) is 65.8 Å². The molecule has 10 nitrogen and oxygen atoms in total. The summed E-state index contributed by atoms with van der Waals surface area (Å²) in [6.07, 6.45) is 3.97. The number of hydrogen-bond acceptors (Lipinski definition) is 8. The van der Waals surface area contributed by atoms with E-state index in [1.54, 1.807) is 37.4 Å². The van der Waals surface area contributed by atoms with E-state index in [1.807, 2.05) is 19.1 Å². The zero-order chi connectivity index (χ0) is 22.7. The Balaban J connectivity index is 1.80. The van der Waals surface area contributed by atoms with Crippen molar-refractivity contribution in [2.24, 2.45) is 0 Å². The predicted molar refractivity (Wildman–Crippen MR) is 117 cm³/mol. The molecule has 1 aliphatic rings. The maximum absolute atomic E-state index is 11.5. The minimum atomic E-state index is -0.660. The van der Waals surface area contributed by atoms with Gasteiger partial charge in [-0.1, -0.05) is 0 Å². The van der Waals surface area contributed by atoms with E-state index in [9.17, 15) is 4.79 Å². The molecule has 1 saturated heterocycles. The van der Waals surface area contributed by atoms with Crippen molar-refractivity contribution < 1.29 is 23.7 Å². The van der Waals surface area contributed by atoms with E-state index >= 15 is 0 Å². The van der Waals surface area contributed by atoms with E-state index in [-0.39, 0.29) is 12.0 Å². The number of carbonyl (C=O) groups is 1. The van der Waals surface area contributed by atoms with Crippen molar-refractivity contribution in [3.63, 3.8) is 0 Å². The zero-order valence-electron chi connectivity index (χ0n) is 18.6. The third kappa shape index (κ3) is 4.43. The second-order valence-electron chi connectivity index (χ2n) is 7.77. The number of fused-ring (bicyclic) bond motifs is 1. The predicted octanol–water partition coefficient (Wildman–Crippen LogP) is 2.45. The van der Waals surface area contributed by atoms with Gasteiger partial charge in [-0.25, -0.2) is 14.6 Å². The average molecular weight is 441 g/mol. The highest BCUT2D eigenvalue weighted by Gasteiger charge is 2.39. The standard InChI is InChI=1S/C22H27N5O5/c1-14(29-3)12-32-17-7-19(22(30-4)5-6-31-13-22)26-21(8-17)27-18-9-20(25-15(2)28)23-10-16(18)11-24-27/h7-11,14H,5-6,12-13H2,1-4H3,(H,23,25,28). The fraction of sp³-hybridized carbons (Fsp3) is 0.455. The van der Waals surface area contributed by atoms with Crippen LogP contribution in [0.15, 0.2) is 30.6 Å². The molecule has 4 heterocycles. The Morgan fingerprint density at radius 1 is 1.31 bits per heavy atom. The summed E-state index contributed by atoms with van der Waals surface area (Å²) in [5.74, 6) is 1.41. The van der Waals surface area contributed by atoms with Crippen LogP contribution in [0.3, 0.4) is 0 Å². The van der Waals surface area contributed by atoms with Crippen molar-refractivity contribution in [1.29, 1.82) is 0 Å². The van der Waals surface area contributed by atoms with Crippen molar-refractivity contribution in [3.05, 3.63) is 36.3 Å². The highest BCUT2D eigenvalue weighted by atomic mass is 16.6. The van der Waals surface area contributed by atoms with Gasteiger partial charge in [-0.2, -0.15) is 5.10 Å². The van der Waals surface area contributed by atoms with Crippen LogP contribution < -0.4 is 10.1 Å². The molecular formula is C22H27N5O5. The van der Waals surface area contributed by atoms with Gasteiger partial charge in [-0.3, -0.25) is 4.79 Å². The number of carbonyl (C=O) groups excluding carboxylic acids is 1. The lowest BCUT2D eigenvalue weighted by molar-refractivity contribution is -0.114. The van der Waals surface area contributed by atoms with Crippen molar-refractivity contribution >= 4 is 22.6 Å². The van der Waals surface area contributed by atoms with Gasteiger partial charge < -0.3 is 24.3 Å². The van der Waals surface area contributed by atoms with E-state index in [0.717, 1.165) is 10.9 Å². The van der Waals surface area contributed by atoms with Gasteiger partial charge in [0.1, 0.15) is 23.8 Å². The number of rotatable bonds is 8. The number of aromatic nitrogens is 4. The Kier molecular flexibility index (Phi) is 6.35. The van der Waals surface area contributed by atoms with E-state index in [0.29, 0.717) is 49.3 Å². The second kappa shape index (κ2) is 9.19. The van der Waals surface area contributed by atoms with E-state index < -0.39 is 5.60 Å². The quantitative estimate of drug-likeness (QED) is 0.568. The normalized spacial score (nSPS) is 19.2. The maximum atomic E-state index is 11.5. The summed E-state index contributed by atoms with van der Waals surface area (Å²) in [6.45, 7) is 4.75. The van der Waals surface area contributed by atoms with Gasteiger partial charge in [-0.15, -0.1) is 0 Å². The lowest BCUT2D eigenvalue weighted by Crippen LogP contribution is -2.30. The largest absolute Gasteiger partial charge is 0.491 e. The van der Waals surface area contributed by atoms with Crippen molar-refractivity contribution in [2.45, 2.75) is 32.0 Å². The Bertz CT molecular complexity index is 1110. The molecule has 0 aliphatic carbocycles. The molecule has 3 aromatic heterocycles. The van der Waals surface area contributed by atoms with Gasteiger partial charge in [0, 0.05) is 64.0 Å². The number of nitrogens with one attached hydrogen (secondary N) is 1. The molecule has 4 rings (SSSR count). The van der Waals surface area contributed by atoms with Crippen LogP contribution in [0, 0.1) is 0 Å². The summed E-state index contributed by atoms with van der Waals surface area (Å²) in [7, 11) is 3.30. The topological polar surface area (TPSA) is 110 Å². The molecule has 1 aliphatic heterocycles. The van der Waals surface area contributed by atoms with Crippen molar-refractivity contribution in [3.8, 4) is 11.6 Å². The third-order valence-electron chi connectivity index (χ3n) is 5.49. The summed E-state index contributed by atoms with van der Waals surface area (Å²) in [5.41, 5.74) is 0.793. The first-order valence-electron chi connectivity index (χ1n) is 10.4. The van der Waals surface area contributed by atoms with E-state index in [2.05, 4.69) is 15.4 Å². The van der Waals surface area contributed by atoms with Gasteiger partial charge in [-0.05, 0) is 6.92 Å². The van der Waals surface area contributed by atoms with Gasteiger partial charge in [0.05, 0.1) is 30.1 Å². The Morgan fingerprint density at radius 3 is 2.84 bits per heavy atom. The molecule has 1 amide bonds. The summed E-state index contributed by atoms with van der Waals surface area (Å²) in [6, 6.07) is 5.45. The highest BCUT2D eigenvalue weighted by Crippen LogP contribution is 2.35. The first-order valence-corrected chi connectivity index (χ1v) is 10.4. The summed E-state index contributed by atoms with van der Waals surface area (Å²) < 4.78 is 24.5. The summed E-state index contributed by atoms with van der Waals surface area (Å²) >= 11 is 0. The Morgan fingerprint density at radius 2 is 2.16 bits per heavy atom. The summed E-state index contributed by atoms with van der Waals surface area (Å²) in [5, 5.41) is 8.02. The Hall–Kier alpha value is -3.08. The molecule has 1 fully saturated rings. The zero-order valence-corrected chi connectivity index (χ0v) is 18.6. The third-order valence-corrected chi connectivity index (χ3v) is 5.49. The first kappa shape index (κ1) is 22.1. The van der Waals surface area contributed by atoms with E-state index in [4.69, 9.17) is 23.9 Å². The number of ether oxygens (including phenoxy) is 4. The SMILES string of the molecule is COC(C)COc1cc(-n2ncc3cnc(NC(C)=O)cc32)nc(C2(OC)CCOC2)c1. The van der Waals surface area contributed by atoms with Crippen LogP contribution in [0.5, 0.6) is 5.75 Å². The number of nitrogens with zero attached hydrogens (tertiary/aromatic N) is 4. The van der Waals surface area contributed by atoms with Crippen LogP contribution in [0.1, 0.15) is 26.0 Å². The van der Waals surface area contributed by atoms with Gasteiger partial charge in [0.2, 0.25) is 5.91 Å². The minimum Gasteiger partial charge on any atom is -0.491 e. The number of anilines is 1. The molecule has 10 heteroatoms. The molecular weight excluding hydrogens is 414 g/mol. The number of methoxy groups -OCH3 is 2. The van der Waals surface area contributed by atoms with Crippen molar-refractivity contribution in [2.75, 3.05) is 39.4 Å². The average Bonchev–Trinajstić information content (AvgIpc) is 3.44. The van der Waals surface area contributed by atoms with E-state index in [1.165, 1.54) is 6.92 Å².